The van der Waals surface area contributed by atoms with Crippen LogP contribution in [0.3, 0.4) is 0 Å². The second-order valence-corrected chi connectivity index (χ2v) is 8.20. The highest BCUT2D eigenvalue weighted by atomic mass is 16.2. The third-order valence-corrected chi connectivity index (χ3v) is 5.92. The van der Waals surface area contributed by atoms with Crippen molar-refractivity contribution in [3.8, 4) is 6.07 Å². The molecule has 0 saturated carbocycles. The summed E-state index contributed by atoms with van der Waals surface area (Å²) < 4.78 is 2.66. The molecule has 0 spiro atoms. The highest BCUT2D eigenvalue weighted by Gasteiger charge is 2.25. The number of hydrogen-bond acceptors (Lipinski definition) is 5. The molecule has 4 rings (SSSR count). The third kappa shape index (κ3) is 4.88. The number of benzene rings is 2. The summed E-state index contributed by atoms with van der Waals surface area (Å²) in [6.45, 7) is 1.45. The van der Waals surface area contributed by atoms with Crippen LogP contribution in [-0.2, 0) is 13.6 Å². The number of nitrogens with zero attached hydrogens (tertiary/aromatic N) is 4. The van der Waals surface area contributed by atoms with Crippen molar-refractivity contribution in [3.05, 3.63) is 98.2 Å². The number of anilines is 1. The predicted molar refractivity (Wildman–Crippen MR) is 125 cm³/mol. The Hall–Kier alpha value is -4.12. The van der Waals surface area contributed by atoms with Crippen molar-refractivity contribution < 1.29 is 4.79 Å². The minimum Gasteiger partial charge on any atom is -0.356 e. The average molecular weight is 444 g/mol. The molecule has 1 fully saturated rings. The van der Waals surface area contributed by atoms with E-state index in [-0.39, 0.29) is 24.1 Å². The number of aromatic nitrogens is 2. The summed E-state index contributed by atoms with van der Waals surface area (Å²) >= 11 is 0. The van der Waals surface area contributed by atoms with Crippen LogP contribution in [0.25, 0.3) is 0 Å². The summed E-state index contributed by atoms with van der Waals surface area (Å²) in [4.78, 5) is 40.1. The van der Waals surface area contributed by atoms with E-state index in [9.17, 15) is 14.4 Å². The molecule has 0 bridgehead atoms. The largest absolute Gasteiger partial charge is 0.356 e. The molecule has 2 aromatic carbocycles. The van der Waals surface area contributed by atoms with Gasteiger partial charge in [0, 0.05) is 37.8 Å². The molecule has 1 saturated heterocycles. The molecule has 1 aliphatic heterocycles. The van der Waals surface area contributed by atoms with E-state index >= 15 is 0 Å². The van der Waals surface area contributed by atoms with Crippen molar-refractivity contribution in [2.24, 2.45) is 7.05 Å². The van der Waals surface area contributed by atoms with Crippen LogP contribution in [0, 0.1) is 11.3 Å². The van der Waals surface area contributed by atoms with Gasteiger partial charge in [-0.3, -0.25) is 18.7 Å². The van der Waals surface area contributed by atoms with Gasteiger partial charge in [-0.2, -0.15) is 5.26 Å². The zero-order valence-corrected chi connectivity index (χ0v) is 18.4. The fraction of sp³-hybridized carbons (Fsp3) is 0.280. The zero-order chi connectivity index (χ0) is 23.4. The van der Waals surface area contributed by atoms with Crippen LogP contribution in [0.4, 0.5) is 5.82 Å². The topological polar surface area (TPSA) is 100 Å². The van der Waals surface area contributed by atoms with Crippen LogP contribution in [0.15, 0.2) is 70.3 Å². The number of rotatable bonds is 5. The van der Waals surface area contributed by atoms with E-state index in [1.807, 2.05) is 23.1 Å². The van der Waals surface area contributed by atoms with Crippen molar-refractivity contribution in [1.82, 2.24) is 14.5 Å². The Morgan fingerprint density at radius 3 is 2.55 bits per heavy atom. The minimum absolute atomic E-state index is 0.103. The molecule has 8 nitrogen and oxygen atoms in total. The molecule has 0 aliphatic carbocycles. The van der Waals surface area contributed by atoms with Gasteiger partial charge in [-0.15, -0.1) is 0 Å². The summed E-state index contributed by atoms with van der Waals surface area (Å²) in [7, 11) is 1.46. The summed E-state index contributed by atoms with van der Waals surface area (Å²) in [6.07, 6.45) is 1.64. The number of amides is 1. The molecular weight excluding hydrogens is 418 g/mol. The molecule has 0 radical (unpaired) electrons. The smallest absolute Gasteiger partial charge is 0.332 e. The first-order chi connectivity index (χ1) is 16.0. The van der Waals surface area contributed by atoms with E-state index in [1.165, 1.54) is 13.1 Å². The molecular formula is C25H25N5O3. The standard InChI is InChI=1S/C25H25N5O3/c1-28-23(31)14-22(30(25(28)33)16-19-11-9-18(15-26)10-12-19)29-13-5-8-21(17-29)27-24(32)20-6-3-2-4-7-20/h2-4,6-7,9-12,14,21H,5,8,13,16-17H2,1H3,(H,27,32)/t21-/m1/s1. The monoisotopic (exact) mass is 443 g/mol. The first-order valence-corrected chi connectivity index (χ1v) is 10.9. The number of hydrogen-bond donors (Lipinski definition) is 1. The normalized spacial score (nSPS) is 15.6. The lowest BCUT2D eigenvalue weighted by Gasteiger charge is -2.35. The molecule has 1 atom stereocenters. The Bertz CT molecular complexity index is 1300. The lowest BCUT2D eigenvalue weighted by Crippen LogP contribution is -2.50. The van der Waals surface area contributed by atoms with Crippen molar-refractivity contribution in [2.45, 2.75) is 25.4 Å². The van der Waals surface area contributed by atoms with Crippen LogP contribution in [0.1, 0.15) is 34.3 Å². The summed E-state index contributed by atoms with van der Waals surface area (Å²) in [5.74, 6) is 0.396. The van der Waals surface area contributed by atoms with Crippen molar-refractivity contribution in [3.63, 3.8) is 0 Å². The second-order valence-electron chi connectivity index (χ2n) is 8.20. The van der Waals surface area contributed by atoms with Gasteiger partial charge < -0.3 is 10.2 Å². The molecule has 3 aromatic rings. The highest BCUT2D eigenvalue weighted by Crippen LogP contribution is 2.19. The van der Waals surface area contributed by atoms with Crippen LogP contribution in [-0.4, -0.2) is 34.2 Å². The maximum absolute atomic E-state index is 13.0. The molecule has 168 valence electrons. The van der Waals surface area contributed by atoms with Crippen molar-refractivity contribution in [1.29, 1.82) is 5.26 Å². The van der Waals surface area contributed by atoms with Crippen LogP contribution < -0.4 is 21.5 Å². The van der Waals surface area contributed by atoms with Gasteiger partial charge in [0.15, 0.2) is 0 Å². The van der Waals surface area contributed by atoms with Crippen molar-refractivity contribution in [2.75, 3.05) is 18.0 Å². The van der Waals surface area contributed by atoms with Gasteiger partial charge >= 0.3 is 5.69 Å². The first-order valence-electron chi connectivity index (χ1n) is 10.9. The molecule has 1 aliphatic rings. The predicted octanol–water partition coefficient (Wildman–Crippen LogP) is 1.87. The molecule has 2 heterocycles. The van der Waals surface area contributed by atoms with Gasteiger partial charge in [-0.25, -0.2) is 4.79 Å². The fourth-order valence-electron chi connectivity index (χ4n) is 4.10. The third-order valence-electron chi connectivity index (χ3n) is 5.92. The van der Waals surface area contributed by atoms with Gasteiger partial charge in [0.05, 0.1) is 18.2 Å². The lowest BCUT2D eigenvalue weighted by atomic mass is 10.0. The van der Waals surface area contributed by atoms with E-state index < -0.39 is 5.69 Å². The van der Waals surface area contributed by atoms with E-state index in [2.05, 4.69) is 11.4 Å². The second kappa shape index (κ2) is 9.57. The van der Waals surface area contributed by atoms with Crippen LogP contribution in [0.5, 0.6) is 0 Å². The fourth-order valence-corrected chi connectivity index (χ4v) is 4.10. The van der Waals surface area contributed by atoms with Crippen LogP contribution >= 0.6 is 0 Å². The Kier molecular flexibility index (Phi) is 6.41. The van der Waals surface area contributed by atoms with Gasteiger partial charge in [0.25, 0.3) is 11.5 Å². The Balaban J connectivity index is 1.60. The van der Waals surface area contributed by atoms with Crippen LogP contribution in [0.2, 0.25) is 0 Å². The Morgan fingerprint density at radius 1 is 1.12 bits per heavy atom. The average Bonchev–Trinajstić information content (AvgIpc) is 2.85. The van der Waals surface area contributed by atoms with Gasteiger partial charge in [-0.1, -0.05) is 30.3 Å². The quantitative estimate of drug-likeness (QED) is 0.649. The summed E-state index contributed by atoms with van der Waals surface area (Å²) in [5.41, 5.74) is 1.21. The molecule has 0 unspecified atom stereocenters. The van der Waals surface area contributed by atoms with Gasteiger partial charge in [-0.05, 0) is 42.7 Å². The van der Waals surface area contributed by atoms with Gasteiger partial charge in [0.1, 0.15) is 5.82 Å². The molecule has 1 amide bonds. The number of nitriles is 1. The lowest BCUT2D eigenvalue weighted by molar-refractivity contribution is 0.0933. The minimum atomic E-state index is -0.405. The van der Waals surface area contributed by atoms with E-state index in [4.69, 9.17) is 5.26 Å². The summed E-state index contributed by atoms with van der Waals surface area (Å²) in [6, 6.07) is 19.5. The Morgan fingerprint density at radius 2 is 1.85 bits per heavy atom. The molecule has 33 heavy (non-hydrogen) atoms. The maximum atomic E-state index is 13.0. The SMILES string of the molecule is Cn1c(=O)cc(N2CCC[C@@H](NC(=O)c3ccccc3)C2)n(Cc2ccc(C#N)cc2)c1=O. The number of piperidine rings is 1. The molecule has 8 heteroatoms. The Labute approximate surface area is 191 Å². The molecule has 1 aromatic heterocycles. The molecule has 1 N–H and O–H groups in total. The number of carbonyl (C=O) groups excluding carboxylic acids is 1. The van der Waals surface area contributed by atoms with E-state index in [0.29, 0.717) is 30.0 Å². The van der Waals surface area contributed by atoms with Crippen molar-refractivity contribution >= 4 is 11.7 Å². The number of carbonyl (C=O) groups is 1. The van der Waals surface area contributed by atoms with E-state index in [0.717, 1.165) is 23.0 Å². The zero-order valence-electron chi connectivity index (χ0n) is 18.4. The summed E-state index contributed by atoms with van der Waals surface area (Å²) in [5, 5.41) is 12.1. The van der Waals surface area contributed by atoms with Gasteiger partial charge in [0.2, 0.25) is 0 Å². The van der Waals surface area contributed by atoms with E-state index in [1.54, 1.807) is 41.0 Å². The number of nitrogens with one attached hydrogen (secondary N) is 1. The maximum Gasteiger partial charge on any atom is 0.332 e. The highest BCUT2D eigenvalue weighted by molar-refractivity contribution is 5.94. The first kappa shape index (κ1) is 22.1.